The number of alkyl halides is 3. The molecule has 3 aliphatic rings. The number of aliphatic hydroxyl groups excluding tert-OH is 1. The molecule has 2 aromatic rings. The van der Waals surface area contributed by atoms with Crippen LogP contribution in [0.4, 0.5) is 13.2 Å². The van der Waals surface area contributed by atoms with Gasteiger partial charge in [-0.05, 0) is 49.7 Å². The highest BCUT2D eigenvalue weighted by Gasteiger charge is 2.39. The third-order valence-electron chi connectivity index (χ3n) is 6.60. The van der Waals surface area contributed by atoms with Crippen LogP contribution >= 0.6 is 11.6 Å². The molecule has 3 heterocycles. The zero-order valence-electron chi connectivity index (χ0n) is 17.1. The molecule has 11 heteroatoms. The molecule has 2 atom stereocenters. The quantitative estimate of drug-likeness (QED) is 0.748. The van der Waals surface area contributed by atoms with Gasteiger partial charge in [-0.25, -0.2) is 4.98 Å². The first-order valence-electron chi connectivity index (χ1n) is 10.7. The third kappa shape index (κ3) is 3.73. The Hall–Kier alpha value is -2.33. The Balaban J connectivity index is 1.43. The maximum absolute atomic E-state index is 13.7. The molecule has 1 N–H and O–H groups in total. The van der Waals surface area contributed by atoms with Crippen LogP contribution in [0, 0.1) is 0 Å². The van der Waals surface area contributed by atoms with Crippen molar-refractivity contribution in [3.63, 3.8) is 0 Å². The third-order valence-corrected chi connectivity index (χ3v) is 6.96. The summed E-state index contributed by atoms with van der Waals surface area (Å²) < 4.78 is 42.2. The molecule has 32 heavy (non-hydrogen) atoms. The lowest BCUT2D eigenvalue weighted by Crippen LogP contribution is -2.55. The van der Waals surface area contributed by atoms with Gasteiger partial charge in [-0.2, -0.15) is 13.2 Å². The maximum atomic E-state index is 13.7. The first-order chi connectivity index (χ1) is 15.1. The van der Waals surface area contributed by atoms with E-state index in [1.54, 1.807) is 4.90 Å². The molecule has 0 aromatic carbocycles. The summed E-state index contributed by atoms with van der Waals surface area (Å²) in [6, 6.07) is 1.03. The van der Waals surface area contributed by atoms with Crippen molar-refractivity contribution in [2.24, 2.45) is 0 Å². The summed E-state index contributed by atoms with van der Waals surface area (Å²) in [7, 11) is 0. The number of hydrogen-bond acceptors (Lipinski definition) is 4. The van der Waals surface area contributed by atoms with Crippen molar-refractivity contribution < 1.29 is 27.9 Å². The van der Waals surface area contributed by atoms with E-state index >= 15 is 0 Å². The number of carbonyl (C=O) groups is 2. The van der Waals surface area contributed by atoms with Crippen LogP contribution in [-0.4, -0.2) is 67.9 Å². The fraction of sp³-hybridized carbons (Fsp3) is 0.571. The predicted molar refractivity (Wildman–Crippen MR) is 108 cm³/mol. The lowest BCUT2D eigenvalue weighted by Gasteiger charge is -2.37. The van der Waals surface area contributed by atoms with Gasteiger partial charge in [0.05, 0.1) is 11.7 Å². The molecule has 5 rings (SSSR count). The largest absolute Gasteiger partial charge is 0.419 e. The Morgan fingerprint density at radius 1 is 1.19 bits per heavy atom. The number of rotatable bonds is 3. The van der Waals surface area contributed by atoms with Crippen molar-refractivity contribution in [1.29, 1.82) is 0 Å². The molecule has 0 spiro atoms. The summed E-state index contributed by atoms with van der Waals surface area (Å²) in [5.41, 5.74) is -1.11. The van der Waals surface area contributed by atoms with Crippen LogP contribution in [0.25, 0.3) is 5.65 Å². The second-order valence-electron chi connectivity index (χ2n) is 8.84. The summed E-state index contributed by atoms with van der Waals surface area (Å²) in [6.45, 7) is 0.322. The van der Waals surface area contributed by atoms with E-state index in [2.05, 4.69) is 4.98 Å². The van der Waals surface area contributed by atoms with E-state index in [0.717, 1.165) is 23.3 Å². The number of nitrogens with zero attached hydrogens (tertiary/aromatic N) is 4. The molecular formula is C21H22ClF3N4O3. The van der Waals surface area contributed by atoms with Crippen molar-refractivity contribution >= 4 is 29.1 Å². The van der Waals surface area contributed by atoms with Gasteiger partial charge in [0.1, 0.15) is 11.7 Å². The Morgan fingerprint density at radius 2 is 1.94 bits per heavy atom. The standard InChI is InChI=1S/C21H22ClF3N4O3/c22-18-17(20(32)27-5-6-28(16(31)10-27)13-3-4-14(30)8-13)26-19-15(21(23,24)25)7-12(9-29(18)19)11-1-2-11/h7,9,11,13-14,30H,1-6,8,10H2/t13-,14+/m1/s1. The first kappa shape index (κ1) is 21.5. The van der Waals surface area contributed by atoms with E-state index in [1.165, 1.54) is 11.1 Å². The van der Waals surface area contributed by atoms with Crippen LogP contribution in [0.2, 0.25) is 5.15 Å². The van der Waals surface area contributed by atoms with Crippen molar-refractivity contribution in [1.82, 2.24) is 19.2 Å². The molecule has 7 nitrogen and oxygen atoms in total. The minimum atomic E-state index is -4.64. The van der Waals surface area contributed by atoms with Crippen molar-refractivity contribution in [3.05, 3.63) is 34.2 Å². The summed E-state index contributed by atoms with van der Waals surface area (Å²) in [4.78, 5) is 32.6. The predicted octanol–water partition coefficient (Wildman–Crippen LogP) is 3.08. The molecule has 0 radical (unpaired) electrons. The van der Waals surface area contributed by atoms with E-state index in [9.17, 15) is 27.9 Å². The number of piperazine rings is 1. The molecule has 2 amide bonds. The number of carbonyl (C=O) groups excluding carboxylic acids is 2. The molecule has 1 aliphatic heterocycles. The zero-order chi connectivity index (χ0) is 22.8. The van der Waals surface area contributed by atoms with Crippen LogP contribution in [0.15, 0.2) is 12.3 Å². The monoisotopic (exact) mass is 470 g/mol. The van der Waals surface area contributed by atoms with Crippen LogP contribution in [0.3, 0.4) is 0 Å². The molecular weight excluding hydrogens is 449 g/mol. The smallest absolute Gasteiger partial charge is 0.393 e. The summed E-state index contributed by atoms with van der Waals surface area (Å²) in [6.07, 6.45) is -0.0658. The van der Waals surface area contributed by atoms with Gasteiger partial charge in [0.2, 0.25) is 5.91 Å². The van der Waals surface area contributed by atoms with Gasteiger partial charge < -0.3 is 14.9 Å². The lowest BCUT2D eigenvalue weighted by atomic mass is 10.1. The Morgan fingerprint density at radius 3 is 2.53 bits per heavy atom. The van der Waals surface area contributed by atoms with E-state index in [1.807, 2.05) is 0 Å². The molecule has 3 fully saturated rings. The van der Waals surface area contributed by atoms with Gasteiger partial charge in [0.25, 0.3) is 5.91 Å². The highest BCUT2D eigenvalue weighted by atomic mass is 35.5. The van der Waals surface area contributed by atoms with Gasteiger partial charge in [-0.3, -0.25) is 14.0 Å². The molecule has 0 unspecified atom stereocenters. The summed E-state index contributed by atoms with van der Waals surface area (Å²) in [5.74, 6) is -0.868. The normalized spacial score (nSPS) is 24.6. The average molecular weight is 471 g/mol. The van der Waals surface area contributed by atoms with E-state index in [-0.39, 0.29) is 41.8 Å². The molecule has 2 aromatic heterocycles. The number of pyridine rings is 1. The van der Waals surface area contributed by atoms with Gasteiger partial charge in [-0.15, -0.1) is 0 Å². The summed E-state index contributed by atoms with van der Waals surface area (Å²) in [5, 5.41) is 9.55. The Labute approximate surface area is 186 Å². The molecule has 172 valence electrons. The average Bonchev–Trinajstić information content (AvgIpc) is 3.42. The van der Waals surface area contributed by atoms with Crippen molar-refractivity contribution in [2.75, 3.05) is 19.6 Å². The summed E-state index contributed by atoms with van der Waals surface area (Å²) >= 11 is 6.34. The van der Waals surface area contributed by atoms with Gasteiger partial charge in [-0.1, -0.05) is 11.6 Å². The highest BCUT2D eigenvalue weighted by Crippen LogP contribution is 2.43. The fourth-order valence-corrected chi connectivity index (χ4v) is 4.99. The number of amides is 2. The SMILES string of the molecule is O=C(c1nc2c(C(F)(F)F)cc(C3CC3)cn2c1Cl)N1CCN([C@@H]2CC[C@H](O)C2)C(=O)C1. The number of fused-ring (bicyclic) bond motifs is 1. The van der Waals surface area contributed by atoms with E-state index in [4.69, 9.17) is 11.6 Å². The van der Waals surface area contributed by atoms with Crippen molar-refractivity contribution in [2.45, 2.75) is 56.3 Å². The van der Waals surface area contributed by atoms with Gasteiger partial charge in [0, 0.05) is 25.3 Å². The second-order valence-corrected chi connectivity index (χ2v) is 9.20. The first-order valence-corrected chi connectivity index (χ1v) is 11.1. The van der Waals surface area contributed by atoms with E-state index in [0.29, 0.717) is 31.4 Å². The molecule has 0 bridgehead atoms. The topological polar surface area (TPSA) is 78.2 Å². The molecule has 2 aliphatic carbocycles. The minimum Gasteiger partial charge on any atom is -0.393 e. The van der Waals surface area contributed by atoms with Crippen LogP contribution in [0.1, 0.15) is 59.6 Å². The van der Waals surface area contributed by atoms with Gasteiger partial charge >= 0.3 is 6.18 Å². The number of aromatic nitrogens is 2. The molecule has 2 saturated carbocycles. The number of aliphatic hydroxyl groups is 1. The van der Waals surface area contributed by atoms with E-state index < -0.39 is 29.4 Å². The van der Waals surface area contributed by atoms with Crippen LogP contribution in [-0.2, 0) is 11.0 Å². The van der Waals surface area contributed by atoms with Crippen molar-refractivity contribution in [3.8, 4) is 0 Å². The zero-order valence-corrected chi connectivity index (χ0v) is 17.9. The fourth-order valence-electron chi connectivity index (χ4n) is 4.74. The van der Waals surface area contributed by atoms with Crippen LogP contribution in [0.5, 0.6) is 0 Å². The highest BCUT2D eigenvalue weighted by molar-refractivity contribution is 6.33. The number of halogens is 4. The Bertz CT molecular complexity index is 1100. The Kier molecular flexibility index (Phi) is 5.12. The lowest BCUT2D eigenvalue weighted by molar-refractivity contribution is -0.138. The minimum absolute atomic E-state index is 0.0521. The van der Waals surface area contributed by atoms with Gasteiger partial charge in [0.15, 0.2) is 11.3 Å². The number of imidazole rings is 1. The molecule has 1 saturated heterocycles. The maximum Gasteiger partial charge on any atom is 0.419 e. The second kappa shape index (κ2) is 7.62. The number of hydrogen-bond donors (Lipinski definition) is 1. The van der Waals surface area contributed by atoms with Crippen LogP contribution < -0.4 is 0 Å².